The van der Waals surface area contributed by atoms with Gasteiger partial charge in [-0.25, -0.2) is 4.39 Å². The highest BCUT2D eigenvalue weighted by molar-refractivity contribution is 5.49. The van der Waals surface area contributed by atoms with Crippen LogP contribution in [0.25, 0.3) is 0 Å². The van der Waals surface area contributed by atoms with Gasteiger partial charge in [-0.3, -0.25) is 20.2 Å². The maximum Gasteiger partial charge on any atom is 0.269 e. The summed E-state index contributed by atoms with van der Waals surface area (Å²) in [6.07, 6.45) is 1.85. The molecular formula is C17H20FN3O5. The Hall–Kier alpha value is -3.07. The summed E-state index contributed by atoms with van der Waals surface area (Å²) in [5, 5.41) is 32.6. The Morgan fingerprint density at radius 1 is 1.00 bits per heavy atom. The van der Waals surface area contributed by atoms with E-state index in [2.05, 4.69) is 5.32 Å². The molecule has 1 atom stereocenters. The van der Waals surface area contributed by atoms with E-state index in [-0.39, 0.29) is 24.0 Å². The number of non-ortho nitro benzene ring substituents is 2. The third-order valence-electron chi connectivity index (χ3n) is 3.34. The number of rotatable bonds is 7. The molecule has 8 nitrogen and oxygen atoms in total. The maximum absolute atomic E-state index is 12.1. The molecule has 0 aliphatic heterocycles. The molecule has 2 N–H and O–H groups in total. The van der Waals surface area contributed by atoms with Crippen molar-refractivity contribution in [2.75, 3.05) is 11.9 Å². The van der Waals surface area contributed by atoms with E-state index >= 15 is 0 Å². The van der Waals surface area contributed by atoms with Crippen molar-refractivity contribution >= 4 is 17.1 Å². The van der Waals surface area contributed by atoms with Crippen LogP contribution in [-0.4, -0.2) is 27.6 Å². The Balaban J connectivity index is 0.000000289. The second-order valence-electron chi connectivity index (χ2n) is 5.35. The van der Waals surface area contributed by atoms with Gasteiger partial charge in [-0.15, -0.1) is 0 Å². The molecule has 0 spiro atoms. The van der Waals surface area contributed by atoms with Gasteiger partial charge in [0.25, 0.3) is 11.4 Å². The molecule has 0 saturated heterocycles. The Kier molecular flexibility index (Phi) is 8.65. The SMILES string of the molecule is CCC[C@@H](CO)Nc1ccc([N+](=O)[O-])cc1.O=[N+]([O-])c1ccc(F)cc1. The van der Waals surface area contributed by atoms with E-state index in [9.17, 15) is 24.6 Å². The standard InChI is InChI=1S/C11H16N2O3.C6H4FNO2/c1-2-3-10(8-14)12-9-4-6-11(7-5-9)13(15)16;7-5-1-3-6(4-2-5)8(9)10/h4-7,10,12,14H,2-3,8H2,1H3;1-4H/t10-;/m0./s1. The topological polar surface area (TPSA) is 119 Å². The van der Waals surface area contributed by atoms with Crippen LogP contribution in [0.4, 0.5) is 21.5 Å². The van der Waals surface area contributed by atoms with Crippen molar-refractivity contribution in [3.63, 3.8) is 0 Å². The number of nitrogens with one attached hydrogen (secondary N) is 1. The van der Waals surface area contributed by atoms with Gasteiger partial charge < -0.3 is 10.4 Å². The fourth-order valence-electron chi connectivity index (χ4n) is 2.04. The molecule has 0 aliphatic carbocycles. The quantitative estimate of drug-likeness (QED) is 0.567. The zero-order valence-electron chi connectivity index (χ0n) is 14.2. The van der Waals surface area contributed by atoms with Gasteiger partial charge in [0.1, 0.15) is 5.82 Å². The molecule has 0 bridgehead atoms. The van der Waals surface area contributed by atoms with E-state index in [1.165, 1.54) is 12.1 Å². The van der Waals surface area contributed by atoms with Gasteiger partial charge in [-0.1, -0.05) is 13.3 Å². The number of aliphatic hydroxyl groups excluding tert-OH is 1. The molecule has 0 heterocycles. The zero-order valence-corrected chi connectivity index (χ0v) is 14.2. The third kappa shape index (κ3) is 7.22. The average Bonchev–Trinajstić information content (AvgIpc) is 2.62. The number of nitrogens with zero attached hydrogens (tertiary/aromatic N) is 2. The van der Waals surface area contributed by atoms with Crippen LogP contribution in [0.2, 0.25) is 0 Å². The van der Waals surface area contributed by atoms with Crippen molar-refractivity contribution < 1.29 is 19.3 Å². The van der Waals surface area contributed by atoms with Crippen molar-refractivity contribution in [2.24, 2.45) is 0 Å². The van der Waals surface area contributed by atoms with E-state index in [0.717, 1.165) is 42.8 Å². The zero-order chi connectivity index (χ0) is 19.5. The third-order valence-corrected chi connectivity index (χ3v) is 3.34. The van der Waals surface area contributed by atoms with E-state index in [1.807, 2.05) is 6.92 Å². The monoisotopic (exact) mass is 365 g/mol. The molecule has 2 aromatic rings. The lowest BCUT2D eigenvalue weighted by Crippen LogP contribution is -2.23. The van der Waals surface area contributed by atoms with Crippen molar-refractivity contribution in [3.8, 4) is 0 Å². The highest BCUT2D eigenvalue weighted by atomic mass is 19.1. The number of nitro groups is 2. The van der Waals surface area contributed by atoms with Gasteiger partial charge in [-0.05, 0) is 30.7 Å². The molecule has 9 heteroatoms. The number of hydrogen-bond acceptors (Lipinski definition) is 6. The van der Waals surface area contributed by atoms with Crippen LogP contribution in [0.1, 0.15) is 19.8 Å². The van der Waals surface area contributed by atoms with E-state index in [0.29, 0.717) is 0 Å². The molecule has 0 amide bonds. The average molecular weight is 365 g/mol. The van der Waals surface area contributed by atoms with Crippen LogP contribution in [0, 0.1) is 26.0 Å². The first kappa shape index (κ1) is 21.0. The Labute approximate surface area is 149 Å². The largest absolute Gasteiger partial charge is 0.394 e. The normalized spacial score (nSPS) is 11.0. The second-order valence-corrected chi connectivity index (χ2v) is 5.35. The van der Waals surface area contributed by atoms with Crippen molar-refractivity contribution in [1.82, 2.24) is 0 Å². The van der Waals surface area contributed by atoms with Crippen LogP contribution >= 0.6 is 0 Å². The predicted molar refractivity (Wildman–Crippen MR) is 95.6 cm³/mol. The molecule has 0 aliphatic rings. The molecule has 0 fully saturated rings. The number of hydrogen-bond donors (Lipinski definition) is 2. The molecule has 2 rings (SSSR count). The number of halogens is 1. The molecular weight excluding hydrogens is 345 g/mol. The van der Waals surface area contributed by atoms with Crippen molar-refractivity contribution in [2.45, 2.75) is 25.8 Å². The summed E-state index contributed by atoms with van der Waals surface area (Å²) < 4.78 is 12.1. The summed E-state index contributed by atoms with van der Waals surface area (Å²) >= 11 is 0. The van der Waals surface area contributed by atoms with Gasteiger partial charge in [-0.2, -0.15) is 0 Å². The second kappa shape index (κ2) is 10.7. The minimum absolute atomic E-state index is 0.00598. The lowest BCUT2D eigenvalue weighted by molar-refractivity contribution is -0.385. The van der Waals surface area contributed by atoms with Crippen LogP contribution < -0.4 is 5.32 Å². The lowest BCUT2D eigenvalue weighted by Gasteiger charge is -2.16. The highest BCUT2D eigenvalue weighted by Gasteiger charge is 2.08. The summed E-state index contributed by atoms with van der Waals surface area (Å²) in [5.41, 5.74) is 0.765. The van der Waals surface area contributed by atoms with Gasteiger partial charge in [0.15, 0.2) is 0 Å². The predicted octanol–water partition coefficient (Wildman–Crippen LogP) is 3.90. The fourth-order valence-corrected chi connectivity index (χ4v) is 2.04. The molecule has 0 radical (unpaired) electrons. The van der Waals surface area contributed by atoms with Crippen LogP contribution in [0.5, 0.6) is 0 Å². The van der Waals surface area contributed by atoms with E-state index in [4.69, 9.17) is 5.11 Å². The Bertz CT molecular complexity index is 707. The number of nitro benzene ring substituents is 2. The molecule has 0 aromatic heterocycles. The lowest BCUT2D eigenvalue weighted by atomic mass is 10.1. The molecule has 140 valence electrons. The fraction of sp³-hybridized carbons (Fsp3) is 0.294. The summed E-state index contributed by atoms with van der Waals surface area (Å²) in [6.45, 7) is 2.10. The maximum atomic E-state index is 12.1. The molecule has 2 aromatic carbocycles. The van der Waals surface area contributed by atoms with Crippen molar-refractivity contribution in [3.05, 3.63) is 74.6 Å². The summed E-state index contributed by atoms with van der Waals surface area (Å²) in [4.78, 5) is 19.4. The number of aliphatic hydroxyl groups is 1. The van der Waals surface area contributed by atoms with Gasteiger partial charge in [0.05, 0.1) is 16.5 Å². The Morgan fingerprint density at radius 2 is 1.46 bits per heavy atom. The van der Waals surface area contributed by atoms with Crippen LogP contribution in [0.15, 0.2) is 48.5 Å². The first-order valence-corrected chi connectivity index (χ1v) is 7.89. The van der Waals surface area contributed by atoms with E-state index < -0.39 is 15.7 Å². The Morgan fingerprint density at radius 3 is 1.85 bits per heavy atom. The minimum Gasteiger partial charge on any atom is -0.394 e. The van der Waals surface area contributed by atoms with Gasteiger partial charge >= 0.3 is 0 Å². The highest BCUT2D eigenvalue weighted by Crippen LogP contribution is 2.17. The van der Waals surface area contributed by atoms with E-state index in [1.54, 1.807) is 12.1 Å². The smallest absolute Gasteiger partial charge is 0.269 e. The molecule has 0 unspecified atom stereocenters. The molecule has 0 saturated carbocycles. The van der Waals surface area contributed by atoms with Gasteiger partial charge in [0, 0.05) is 36.0 Å². The molecule has 26 heavy (non-hydrogen) atoms. The van der Waals surface area contributed by atoms with Crippen molar-refractivity contribution in [1.29, 1.82) is 0 Å². The van der Waals surface area contributed by atoms with Gasteiger partial charge in [0.2, 0.25) is 0 Å². The van der Waals surface area contributed by atoms with Crippen LogP contribution in [0.3, 0.4) is 0 Å². The first-order valence-electron chi connectivity index (χ1n) is 7.89. The minimum atomic E-state index is -0.570. The number of benzene rings is 2. The summed E-state index contributed by atoms with van der Waals surface area (Å²) in [6, 6.07) is 10.5. The first-order chi connectivity index (χ1) is 12.4. The summed E-state index contributed by atoms with van der Waals surface area (Å²) in [5.74, 6) is -0.467. The number of anilines is 1. The summed E-state index contributed by atoms with van der Waals surface area (Å²) in [7, 11) is 0. The van der Waals surface area contributed by atoms with Crippen LogP contribution in [-0.2, 0) is 0 Å².